The first-order chi connectivity index (χ1) is 6.78. The van der Waals surface area contributed by atoms with Crippen molar-refractivity contribution in [2.75, 3.05) is 13.6 Å². The van der Waals surface area contributed by atoms with Gasteiger partial charge in [0.2, 0.25) is 10.0 Å². The van der Waals surface area contributed by atoms with Gasteiger partial charge in [-0.05, 0) is 26.7 Å². The van der Waals surface area contributed by atoms with Gasteiger partial charge in [0.05, 0.1) is 10.9 Å². The fraction of sp³-hybridized carbons (Fsp3) is 1.00. The topological polar surface area (TPSA) is 57.6 Å². The van der Waals surface area contributed by atoms with Gasteiger partial charge in [-0.2, -0.15) is 0 Å². The van der Waals surface area contributed by atoms with Gasteiger partial charge in [-0.3, -0.25) is 0 Å². The number of rotatable bonds is 4. The minimum absolute atomic E-state index is 0.230. The van der Waals surface area contributed by atoms with Gasteiger partial charge in [0, 0.05) is 13.6 Å². The van der Waals surface area contributed by atoms with Crippen molar-refractivity contribution in [3.05, 3.63) is 0 Å². The Balaban J connectivity index is 2.66. The van der Waals surface area contributed by atoms with Crippen molar-refractivity contribution in [3.8, 4) is 0 Å². The van der Waals surface area contributed by atoms with Crippen LogP contribution in [-0.2, 0) is 10.0 Å². The maximum absolute atomic E-state index is 11.8. The van der Waals surface area contributed by atoms with E-state index in [2.05, 4.69) is 0 Å². The van der Waals surface area contributed by atoms with Crippen LogP contribution in [-0.4, -0.2) is 42.3 Å². The summed E-state index contributed by atoms with van der Waals surface area (Å²) in [5, 5.41) is 9.68. The zero-order chi connectivity index (χ0) is 11.7. The van der Waals surface area contributed by atoms with E-state index in [1.165, 1.54) is 4.31 Å². The van der Waals surface area contributed by atoms with Crippen molar-refractivity contribution in [2.45, 2.75) is 50.4 Å². The summed E-state index contributed by atoms with van der Waals surface area (Å²) in [5.41, 5.74) is -0.795. The normalized spacial score (nSPS) is 21.5. The summed E-state index contributed by atoms with van der Waals surface area (Å²) in [6.45, 7) is 3.54. The minimum atomic E-state index is -3.23. The molecule has 0 spiro atoms. The van der Waals surface area contributed by atoms with Crippen LogP contribution in [0.25, 0.3) is 0 Å². The zero-order valence-electron chi connectivity index (χ0n) is 9.73. The standard InChI is InChI=1S/C10H21NO3S/c1-9(2)15(13,14)11(3)8-10(12)6-4-5-7-10/h9,12H,4-8H2,1-3H3. The highest BCUT2D eigenvalue weighted by Crippen LogP contribution is 2.30. The largest absolute Gasteiger partial charge is 0.389 e. The molecule has 0 heterocycles. The number of likely N-dealkylation sites (N-methyl/N-ethyl adjacent to an activating group) is 1. The van der Waals surface area contributed by atoms with Gasteiger partial charge in [0.25, 0.3) is 0 Å². The molecule has 1 saturated carbocycles. The lowest BCUT2D eigenvalue weighted by Gasteiger charge is -2.29. The quantitative estimate of drug-likeness (QED) is 0.789. The summed E-state index contributed by atoms with van der Waals surface area (Å²) >= 11 is 0. The van der Waals surface area contributed by atoms with E-state index in [0.717, 1.165) is 12.8 Å². The molecule has 0 aromatic carbocycles. The fourth-order valence-electron chi connectivity index (χ4n) is 2.06. The smallest absolute Gasteiger partial charge is 0.216 e. The molecular formula is C10H21NO3S. The number of nitrogens with zero attached hydrogens (tertiary/aromatic N) is 1. The van der Waals surface area contributed by atoms with Crippen LogP contribution in [0.1, 0.15) is 39.5 Å². The molecule has 1 fully saturated rings. The first-order valence-corrected chi connectivity index (χ1v) is 6.96. The second-order valence-electron chi connectivity index (χ2n) is 4.78. The third-order valence-corrected chi connectivity index (χ3v) is 5.27. The monoisotopic (exact) mass is 235 g/mol. The average Bonchev–Trinajstić information content (AvgIpc) is 2.51. The van der Waals surface area contributed by atoms with Crippen molar-refractivity contribution in [1.29, 1.82) is 0 Å². The van der Waals surface area contributed by atoms with E-state index >= 15 is 0 Å². The molecule has 1 N–H and O–H groups in total. The summed E-state index contributed by atoms with van der Waals surface area (Å²) in [5.74, 6) is 0. The molecule has 0 atom stereocenters. The summed E-state index contributed by atoms with van der Waals surface area (Å²) in [7, 11) is -1.68. The average molecular weight is 235 g/mol. The molecular weight excluding hydrogens is 214 g/mol. The Kier molecular flexibility index (Phi) is 3.79. The highest BCUT2D eigenvalue weighted by molar-refractivity contribution is 7.89. The molecule has 15 heavy (non-hydrogen) atoms. The number of sulfonamides is 1. The second-order valence-corrected chi connectivity index (χ2v) is 7.38. The molecule has 0 unspecified atom stereocenters. The molecule has 0 amide bonds. The van der Waals surface area contributed by atoms with Crippen molar-refractivity contribution in [3.63, 3.8) is 0 Å². The lowest BCUT2D eigenvalue weighted by molar-refractivity contribution is 0.0332. The van der Waals surface area contributed by atoms with Crippen LogP contribution in [0.2, 0.25) is 0 Å². The molecule has 0 saturated heterocycles. The summed E-state index contributed by atoms with van der Waals surface area (Å²) in [6.07, 6.45) is 3.41. The molecule has 1 aliphatic carbocycles. The molecule has 0 aromatic heterocycles. The van der Waals surface area contributed by atoms with Crippen LogP contribution in [0.5, 0.6) is 0 Å². The Hall–Kier alpha value is -0.130. The van der Waals surface area contributed by atoms with Crippen LogP contribution in [0.15, 0.2) is 0 Å². The molecule has 0 radical (unpaired) electrons. The molecule has 1 aliphatic rings. The van der Waals surface area contributed by atoms with Gasteiger partial charge >= 0.3 is 0 Å². The predicted molar refractivity (Wildman–Crippen MR) is 60.1 cm³/mol. The van der Waals surface area contributed by atoms with Gasteiger partial charge in [-0.1, -0.05) is 12.8 Å². The van der Waals surface area contributed by atoms with Crippen LogP contribution >= 0.6 is 0 Å². The molecule has 90 valence electrons. The lowest BCUT2D eigenvalue weighted by Crippen LogP contribution is -2.44. The molecule has 0 aromatic rings. The maximum Gasteiger partial charge on any atom is 0.216 e. The van der Waals surface area contributed by atoms with Gasteiger partial charge in [-0.25, -0.2) is 12.7 Å². The third-order valence-electron chi connectivity index (χ3n) is 3.08. The van der Waals surface area contributed by atoms with Gasteiger partial charge in [0.15, 0.2) is 0 Å². The van der Waals surface area contributed by atoms with Crippen molar-refractivity contribution in [1.82, 2.24) is 4.31 Å². The second kappa shape index (κ2) is 4.39. The number of aliphatic hydroxyl groups is 1. The maximum atomic E-state index is 11.8. The Bertz CT molecular complexity index is 305. The predicted octanol–water partition coefficient (Wildman–Crippen LogP) is 0.961. The Morgan fingerprint density at radius 1 is 1.33 bits per heavy atom. The van der Waals surface area contributed by atoms with Crippen molar-refractivity contribution >= 4 is 10.0 Å². The lowest BCUT2D eigenvalue weighted by atomic mass is 10.0. The SMILES string of the molecule is CC(C)S(=O)(=O)N(C)CC1(O)CCCC1. The van der Waals surface area contributed by atoms with E-state index < -0.39 is 20.9 Å². The molecule has 0 bridgehead atoms. The Morgan fingerprint density at radius 3 is 2.20 bits per heavy atom. The zero-order valence-corrected chi connectivity index (χ0v) is 10.5. The van der Waals surface area contributed by atoms with E-state index in [4.69, 9.17) is 0 Å². The fourth-order valence-corrected chi connectivity index (χ4v) is 3.20. The first kappa shape index (κ1) is 12.9. The van der Waals surface area contributed by atoms with E-state index in [1.54, 1.807) is 20.9 Å². The first-order valence-electron chi connectivity index (χ1n) is 5.45. The molecule has 4 nitrogen and oxygen atoms in total. The highest BCUT2D eigenvalue weighted by atomic mass is 32.2. The van der Waals surface area contributed by atoms with E-state index in [-0.39, 0.29) is 6.54 Å². The van der Waals surface area contributed by atoms with Crippen molar-refractivity contribution in [2.24, 2.45) is 0 Å². The van der Waals surface area contributed by atoms with Crippen molar-refractivity contribution < 1.29 is 13.5 Å². The Morgan fingerprint density at radius 2 is 1.80 bits per heavy atom. The summed E-state index contributed by atoms with van der Waals surface area (Å²) in [6, 6.07) is 0. The molecule has 1 rings (SSSR count). The van der Waals surface area contributed by atoms with Crippen LogP contribution in [0.4, 0.5) is 0 Å². The van der Waals surface area contributed by atoms with Crippen LogP contribution in [0, 0.1) is 0 Å². The van der Waals surface area contributed by atoms with Gasteiger partial charge < -0.3 is 5.11 Å². The van der Waals surface area contributed by atoms with Crippen LogP contribution < -0.4 is 0 Å². The van der Waals surface area contributed by atoms with Gasteiger partial charge in [0.1, 0.15) is 0 Å². The number of hydrogen-bond acceptors (Lipinski definition) is 3. The van der Waals surface area contributed by atoms with E-state index in [0.29, 0.717) is 12.8 Å². The minimum Gasteiger partial charge on any atom is -0.389 e. The van der Waals surface area contributed by atoms with Gasteiger partial charge in [-0.15, -0.1) is 0 Å². The number of hydrogen-bond donors (Lipinski definition) is 1. The molecule has 0 aliphatic heterocycles. The Labute approximate surface area is 92.3 Å². The molecule has 5 heteroatoms. The summed E-state index contributed by atoms with van der Waals surface area (Å²) in [4.78, 5) is 0. The third kappa shape index (κ3) is 2.92. The summed E-state index contributed by atoms with van der Waals surface area (Å²) < 4.78 is 24.8. The van der Waals surface area contributed by atoms with Crippen LogP contribution in [0.3, 0.4) is 0 Å². The van der Waals surface area contributed by atoms with E-state index in [9.17, 15) is 13.5 Å². The van der Waals surface area contributed by atoms with E-state index in [1.807, 2.05) is 0 Å². The highest BCUT2D eigenvalue weighted by Gasteiger charge is 2.35.